The fourth-order valence-electron chi connectivity index (χ4n) is 2.93. The van der Waals surface area contributed by atoms with E-state index in [1.54, 1.807) is 4.90 Å². The van der Waals surface area contributed by atoms with Crippen LogP contribution in [0.15, 0.2) is 46.8 Å². The molecule has 3 aromatic rings. The summed E-state index contributed by atoms with van der Waals surface area (Å²) in [6, 6.07) is 13.1. The molecule has 0 aliphatic rings. The van der Waals surface area contributed by atoms with Crippen molar-refractivity contribution in [2.45, 2.75) is 24.6 Å². The van der Waals surface area contributed by atoms with Gasteiger partial charge < -0.3 is 16.0 Å². The molecule has 0 spiro atoms. The van der Waals surface area contributed by atoms with Crippen molar-refractivity contribution in [3.05, 3.63) is 58.6 Å². The number of primary amides is 1. The van der Waals surface area contributed by atoms with E-state index in [-0.39, 0.29) is 24.6 Å². The number of anilines is 3. The first-order valence-corrected chi connectivity index (χ1v) is 11.7. The zero-order valence-electron chi connectivity index (χ0n) is 17.1. The molecule has 0 unspecified atom stereocenters. The number of hydrogen-bond donors (Lipinski definition) is 2. The van der Waals surface area contributed by atoms with Crippen LogP contribution in [0.5, 0.6) is 0 Å². The topological polar surface area (TPSA) is 101 Å². The number of para-hydroxylation sites is 1. The summed E-state index contributed by atoms with van der Waals surface area (Å²) in [5, 5.41) is 12.7. The Hall–Kier alpha value is -2.62. The van der Waals surface area contributed by atoms with Crippen LogP contribution in [0, 0.1) is 13.8 Å². The highest BCUT2D eigenvalue weighted by atomic mass is 35.5. The van der Waals surface area contributed by atoms with Gasteiger partial charge in [0.2, 0.25) is 16.9 Å². The average molecular weight is 476 g/mol. The predicted molar refractivity (Wildman–Crippen MR) is 127 cm³/mol. The Morgan fingerprint density at radius 1 is 1.19 bits per heavy atom. The summed E-state index contributed by atoms with van der Waals surface area (Å²) < 4.78 is 0.652. The van der Waals surface area contributed by atoms with E-state index >= 15 is 0 Å². The summed E-state index contributed by atoms with van der Waals surface area (Å²) in [6.07, 6.45) is 0.0921. The Kier molecular flexibility index (Phi) is 7.89. The molecule has 3 N–H and O–H groups in total. The molecule has 0 aliphatic heterocycles. The van der Waals surface area contributed by atoms with E-state index in [2.05, 4.69) is 15.5 Å². The highest BCUT2D eigenvalue weighted by molar-refractivity contribution is 8.01. The molecule has 0 fully saturated rings. The number of nitrogens with zero attached hydrogens (tertiary/aromatic N) is 3. The molecular formula is C21H22ClN5O2S2. The molecule has 0 saturated carbocycles. The Balaban J connectivity index is 1.64. The minimum atomic E-state index is -0.453. The summed E-state index contributed by atoms with van der Waals surface area (Å²) in [5.41, 5.74) is 8.87. The maximum atomic E-state index is 12.8. The third-order valence-corrected chi connectivity index (χ3v) is 6.59. The maximum Gasteiger partial charge on any atom is 0.237 e. The molecule has 10 heteroatoms. The van der Waals surface area contributed by atoms with Gasteiger partial charge in [0.15, 0.2) is 4.34 Å². The highest BCUT2D eigenvalue weighted by Crippen LogP contribution is 2.33. The second-order valence-corrected chi connectivity index (χ2v) is 9.43. The van der Waals surface area contributed by atoms with Gasteiger partial charge in [-0.25, -0.2) is 0 Å². The van der Waals surface area contributed by atoms with E-state index in [1.165, 1.54) is 23.1 Å². The normalized spacial score (nSPS) is 10.7. The van der Waals surface area contributed by atoms with E-state index in [0.29, 0.717) is 14.5 Å². The van der Waals surface area contributed by atoms with Crippen molar-refractivity contribution in [2.75, 3.05) is 22.5 Å². The van der Waals surface area contributed by atoms with E-state index in [0.717, 1.165) is 22.5 Å². The van der Waals surface area contributed by atoms with Crippen molar-refractivity contribution < 1.29 is 9.59 Å². The van der Waals surface area contributed by atoms with Crippen LogP contribution in [-0.2, 0) is 9.59 Å². The third-order valence-electron chi connectivity index (χ3n) is 4.34. The largest absolute Gasteiger partial charge is 0.370 e. The second kappa shape index (κ2) is 10.6. The molecule has 0 bridgehead atoms. The first kappa shape index (κ1) is 23.1. The second-order valence-electron chi connectivity index (χ2n) is 6.82. The summed E-state index contributed by atoms with van der Waals surface area (Å²) in [4.78, 5) is 25.6. The lowest BCUT2D eigenvalue weighted by Crippen LogP contribution is -2.35. The quantitative estimate of drug-likeness (QED) is 0.440. The summed E-state index contributed by atoms with van der Waals surface area (Å²) in [7, 11) is 0. The van der Waals surface area contributed by atoms with Crippen molar-refractivity contribution in [3.63, 3.8) is 0 Å². The Bertz CT molecular complexity index is 1050. The molecule has 7 nitrogen and oxygen atoms in total. The lowest BCUT2D eigenvalue weighted by atomic mass is 10.1. The van der Waals surface area contributed by atoms with Crippen LogP contribution in [0.4, 0.5) is 16.5 Å². The van der Waals surface area contributed by atoms with Crippen molar-refractivity contribution in [2.24, 2.45) is 5.73 Å². The van der Waals surface area contributed by atoms with E-state index in [4.69, 9.17) is 17.3 Å². The van der Waals surface area contributed by atoms with Gasteiger partial charge in [-0.1, -0.05) is 59.0 Å². The minimum absolute atomic E-state index is 0.0921. The Labute approximate surface area is 194 Å². The molecule has 31 heavy (non-hydrogen) atoms. The van der Waals surface area contributed by atoms with Crippen LogP contribution in [0.2, 0.25) is 5.02 Å². The Morgan fingerprint density at radius 3 is 2.61 bits per heavy atom. The van der Waals surface area contributed by atoms with Gasteiger partial charge in [-0.2, -0.15) is 0 Å². The number of carbonyl (C=O) groups excluding carboxylic acids is 2. The van der Waals surface area contributed by atoms with E-state index < -0.39 is 5.91 Å². The SMILES string of the molecule is Cc1cc(C)c(Nc2nnc(SCC(=O)N(CCC(N)=O)c3ccccc3)s2)c(Cl)c1. The van der Waals surface area contributed by atoms with Gasteiger partial charge in [0.25, 0.3) is 0 Å². The molecule has 1 aromatic heterocycles. The fourth-order valence-corrected chi connectivity index (χ4v) is 4.93. The van der Waals surface area contributed by atoms with Gasteiger partial charge in [0.05, 0.1) is 16.5 Å². The molecule has 3 rings (SSSR count). The third kappa shape index (κ3) is 6.43. The zero-order valence-corrected chi connectivity index (χ0v) is 19.5. The number of amides is 2. The van der Waals surface area contributed by atoms with Gasteiger partial charge >= 0.3 is 0 Å². The molecule has 2 aromatic carbocycles. The van der Waals surface area contributed by atoms with Crippen LogP contribution in [0.25, 0.3) is 0 Å². The number of aryl methyl sites for hydroxylation is 2. The molecule has 162 valence electrons. The van der Waals surface area contributed by atoms with Crippen LogP contribution in [-0.4, -0.2) is 34.3 Å². The molecule has 1 heterocycles. The van der Waals surface area contributed by atoms with Crippen molar-refractivity contribution in [3.8, 4) is 0 Å². The molecule has 0 radical (unpaired) electrons. The molecule has 2 amide bonds. The maximum absolute atomic E-state index is 12.8. The van der Waals surface area contributed by atoms with Crippen LogP contribution >= 0.6 is 34.7 Å². The van der Waals surface area contributed by atoms with Crippen LogP contribution in [0.3, 0.4) is 0 Å². The van der Waals surface area contributed by atoms with E-state index in [9.17, 15) is 9.59 Å². The first-order valence-electron chi connectivity index (χ1n) is 9.47. The molecule has 0 saturated heterocycles. The van der Waals surface area contributed by atoms with Gasteiger partial charge in [0, 0.05) is 18.7 Å². The number of halogens is 1. The lowest BCUT2D eigenvalue weighted by molar-refractivity contribution is -0.118. The van der Waals surface area contributed by atoms with Gasteiger partial charge in [0.1, 0.15) is 0 Å². The predicted octanol–water partition coefficient (Wildman–Crippen LogP) is 4.55. The van der Waals surface area contributed by atoms with Gasteiger partial charge in [-0.15, -0.1) is 10.2 Å². The molecular weight excluding hydrogens is 454 g/mol. The number of carbonyl (C=O) groups is 2. The fraction of sp³-hybridized carbons (Fsp3) is 0.238. The number of nitrogens with two attached hydrogens (primary N) is 1. The summed E-state index contributed by atoms with van der Waals surface area (Å²) >= 11 is 8.98. The van der Waals surface area contributed by atoms with Crippen molar-refractivity contribution in [1.29, 1.82) is 0 Å². The standard InChI is InChI=1S/C21H22ClN5O2S2/c1-13-10-14(2)19(16(22)11-13)24-20-25-26-21(31-20)30-12-18(29)27(9-8-17(23)28)15-6-4-3-5-7-15/h3-7,10-11H,8-9,12H2,1-2H3,(H2,23,28)(H,24,25). The number of aromatic nitrogens is 2. The number of benzene rings is 2. The van der Waals surface area contributed by atoms with Crippen LogP contribution < -0.4 is 16.0 Å². The smallest absolute Gasteiger partial charge is 0.237 e. The van der Waals surface area contributed by atoms with E-state index in [1.807, 2.05) is 56.3 Å². The lowest BCUT2D eigenvalue weighted by Gasteiger charge is -2.22. The Morgan fingerprint density at radius 2 is 1.94 bits per heavy atom. The highest BCUT2D eigenvalue weighted by Gasteiger charge is 2.18. The average Bonchev–Trinajstić information content (AvgIpc) is 3.17. The van der Waals surface area contributed by atoms with Crippen molar-refractivity contribution >= 4 is 63.0 Å². The summed E-state index contributed by atoms with van der Waals surface area (Å²) in [6.45, 7) is 4.19. The number of thioether (sulfide) groups is 1. The first-order chi connectivity index (χ1) is 14.8. The molecule has 0 atom stereocenters. The zero-order chi connectivity index (χ0) is 22.4. The minimum Gasteiger partial charge on any atom is -0.370 e. The van der Waals surface area contributed by atoms with Crippen molar-refractivity contribution in [1.82, 2.24) is 10.2 Å². The summed E-state index contributed by atoms with van der Waals surface area (Å²) in [5.74, 6) is -0.432. The number of nitrogens with one attached hydrogen (secondary N) is 1. The number of hydrogen-bond acceptors (Lipinski definition) is 7. The molecule has 0 aliphatic carbocycles. The van der Waals surface area contributed by atoms with Crippen LogP contribution in [0.1, 0.15) is 17.5 Å². The number of rotatable bonds is 9. The van der Waals surface area contributed by atoms with Gasteiger partial charge in [-0.3, -0.25) is 9.59 Å². The van der Waals surface area contributed by atoms with Gasteiger partial charge in [-0.05, 0) is 43.2 Å². The monoisotopic (exact) mass is 475 g/mol.